The van der Waals surface area contributed by atoms with E-state index in [0.717, 1.165) is 28.6 Å². The van der Waals surface area contributed by atoms with Crippen LogP contribution in [0.4, 0.5) is 11.4 Å². The lowest BCUT2D eigenvalue weighted by molar-refractivity contribution is 0.102. The molecule has 0 aliphatic carbocycles. The van der Waals surface area contributed by atoms with Gasteiger partial charge in [0.25, 0.3) is 5.91 Å². The van der Waals surface area contributed by atoms with Crippen LogP contribution in [0.1, 0.15) is 27.0 Å². The number of benzene rings is 2. The molecule has 1 N–H and O–H groups in total. The van der Waals surface area contributed by atoms with Crippen molar-refractivity contribution in [2.24, 2.45) is 0 Å². The first kappa shape index (κ1) is 18.0. The number of sulfonamides is 1. The van der Waals surface area contributed by atoms with Gasteiger partial charge in [0.15, 0.2) is 0 Å². The lowest BCUT2D eigenvalue weighted by Crippen LogP contribution is -2.26. The van der Waals surface area contributed by atoms with Crippen LogP contribution in [0.3, 0.4) is 0 Å². The summed E-state index contributed by atoms with van der Waals surface area (Å²) in [6, 6.07) is 10.8. The number of hydrogen-bond donors (Lipinski definition) is 1. The van der Waals surface area contributed by atoms with Crippen LogP contribution < -0.4 is 9.62 Å². The van der Waals surface area contributed by atoms with Crippen LogP contribution in [-0.2, 0) is 10.0 Å². The molecule has 0 aromatic heterocycles. The van der Waals surface area contributed by atoms with E-state index in [9.17, 15) is 13.2 Å². The SMILES string of the molecule is Cc1cc(C)cc(NC(=O)c2ccc(C)c(N(C)S(C)(=O)=O)c2)c1. The molecule has 0 spiro atoms. The van der Waals surface area contributed by atoms with E-state index in [1.165, 1.54) is 11.4 Å². The highest BCUT2D eigenvalue weighted by Crippen LogP contribution is 2.23. The van der Waals surface area contributed by atoms with E-state index in [1.807, 2.05) is 39.0 Å². The number of hydrogen-bond acceptors (Lipinski definition) is 3. The van der Waals surface area contributed by atoms with E-state index < -0.39 is 10.0 Å². The van der Waals surface area contributed by atoms with Gasteiger partial charge in [-0.2, -0.15) is 0 Å². The van der Waals surface area contributed by atoms with Crippen LogP contribution in [0, 0.1) is 20.8 Å². The van der Waals surface area contributed by atoms with E-state index in [1.54, 1.807) is 18.2 Å². The van der Waals surface area contributed by atoms with Crippen molar-refractivity contribution in [2.75, 3.05) is 22.9 Å². The maximum Gasteiger partial charge on any atom is 0.255 e. The first-order valence-electron chi connectivity index (χ1n) is 7.52. The number of amides is 1. The zero-order chi connectivity index (χ0) is 18.1. The Hall–Kier alpha value is -2.34. The molecule has 0 unspecified atom stereocenters. The minimum absolute atomic E-state index is 0.275. The monoisotopic (exact) mass is 346 g/mol. The van der Waals surface area contributed by atoms with Crippen LogP contribution in [0.5, 0.6) is 0 Å². The number of carbonyl (C=O) groups excluding carboxylic acids is 1. The van der Waals surface area contributed by atoms with Gasteiger partial charge in [-0.25, -0.2) is 8.42 Å². The van der Waals surface area contributed by atoms with Crippen molar-refractivity contribution in [3.63, 3.8) is 0 Å². The summed E-state index contributed by atoms with van der Waals surface area (Å²) < 4.78 is 24.7. The molecule has 2 aromatic carbocycles. The Labute approximate surface area is 143 Å². The highest BCUT2D eigenvalue weighted by molar-refractivity contribution is 7.92. The minimum Gasteiger partial charge on any atom is -0.322 e. The lowest BCUT2D eigenvalue weighted by atomic mass is 10.1. The average Bonchev–Trinajstić information content (AvgIpc) is 2.44. The van der Waals surface area contributed by atoms with Crippen molar-refractivity contribution < 1.29 is 13.2 Å². The van der Waals surface area contributed by atoms with E-state index in [-0.39, 0.29) is 5.91 Å². The molecule has 6 heteroatoms. The first-order valence-corrected chi connectivity index (χ1v) is 9.37. The summed E-state index contributed by atoms with van der Waals surface area (Å²) in [5.41, 5.74) is 4.52. The second kappa shape index (κ2) is 6.65. The molecule has 2 aromatic rings. The Bertz CT molecular complexity index is 869. The molecule has 5 nitrogen and oxygen atoms in total. The van der Waals surface area contributed by atoms with Crippen LogP contribution in [0.2, 0.25) is 0 Å². The zero-order valence-corrected chi connectivity index (χ0v) is 15.4. The van der Waals surface area contributed by atoms with Crippen molar-refractivity contribution >= 4 is 27.3 Å². The molecule has 24 heavy (non-hydrogen) atoms. The van der Waals surface area contributed by atoms with E-state index >= 15 is 0 Å². The van der Waals surface area contributed by atoms with Gasteiger partial charge >= 0.3 is 0 Å². The van der Waals surface area contributed by atoms with Crippen molar-refractivity contribution in [2.45, 2.75) is 20.8 Å². The average molecular weight is 346 g/mol. The third-order valence-corrected chi connectivity index (χ3v) is 4.98. The fourth-order valence-corrected chi connectivity index (χ4v) is 3.07. The third-order valence-electron chi connectivity index (χ3n) is 3.79. The standard InChI is InChI=1S/C18H22N2O3S/c1-12-8-13(2)10-16(9-12)19-18(21)15-7-6-14(3)17(11-15)20(4)24(5,22)23/h6-11H,1-5H3,(H,19,21). The van der Waals surface area contributed by atoms with E-state index in [4.69, 9.17) is 0 Å². The Morgan fingerprint density at radius 3 is 2.12 bits per heavy atom. The second-order valence-electron chi connectivity index (χ2n) is 6.06. The predicted octanol–water partition coefficient (Wildman–Crippen LogP) is 3.26. The normalized spacial score (nSPS) is 11.2. The largest absolute Gasteiger partial charge is 0.322 e. The summed E-state index contributed by atoms with van der Waals surface area (Å²) in [4.78, 5) is 12.5. The van der Waals surface area contributed by atoms with Gasteiger partial charge in [-0.15, -0.1) is 0 Å². The molecular weight excluding hydrogens is 324 g/mol. The summed E-state index contributed by atoms with van der Waals surface area (Å²) in [5.74, 6) is -0.275. The summed E-state index contributed by atoms with van der Waals surface area (Å²) in [7, 11) is -1.91. The van der Waals surface area contributed by atoms with Crippen molar-refractivity contribution in [3.05, 3.63) is 58.7 Å². The topological polar surface area (TPSA) is 66.5 Å². The van der Waals surface area contributed by atoms with E-state index in [2.05, 4.69) is 5.32 Å². The van der Waals surface area contributed by atoms with Crippen LogP contribution in [0.15, 0.2) is 36.4 Å². The first-order chi connectivity index (χ1) is 11.1. The van der Waals surface area contributed by atoms with E-state index in [0.29, 0.717) is 11.3 Å². The highest BCUT2D eigenvalue weighted by Gasteiger charge is 2.16. The van der Waals surface area contributed by atoms with Gasteiger partial charge in [0.1, 0.15) is 0 Å². The summed E-state index contributed by atoms with van der Waals surface area (Å²) in [6.45, 7) is 5.74. The van der Waals surface area contributed by atoms with Gasteiger partial charge in [-0.3, -0.25) is 9.10 Å². The number of carbonyl (C=O) groups is 1. The molecule has 128 valence electrons. The molecule has 0 saturated carbocycles. The van der Waals surface area contributed by atoms with Gasteiger partial charge < -0.3 is 5.32 Å². The summed E-state index contributed by atoms with van der Waals surface area (Å²) in [5, 5.41) is 2.86. The highest BCUT2D eigenvalue weighted by atomic mass is 32.2. The summed E-state index contributed by atoms with van der Waals surface area (Å²) in [6.07, 6.45) is 1.13. The van der Waals surface area contributed by atoms with Crippen molar-refractivity contribution in [1.29, 1.82) is 0 Å². The number of rotatable bonds is 4. The maximum atomic E-state index is 12.5. The molecule has 0 saturated heterocycles. The van der Waals surface area contributed by atoms with Crippen molar-refractivity contribution in [1.82, 2.24) is 0 Å². The van der Waals surface area contributed by atoms with Crippen molar-refractivity contribution in [3.8, 4) is 0 Å². The Morgan fingerprint density at radius 2 is 1.58 bits per heavy atom. The lowest BCUT2D eigenvalue weighted by Gasteiger charge is -2.19. The maximum absolute atomic E-state index is 12.5. The van der Waals surface area contributed by atoms with Gasteiger partial charge in [-0.1, -0.05) is 12.1 Å². The number of aryl methyl sites for hydroxylation is 3. The fraction of sp³-hybridized carbons (Fsp3) is 0.278. The molecule has 0 bridgehead atoms. The molecule has 2 rings (SSSR count). The van der Waals surface area contributed by atoms with Crippen LogP contribution in [0.25, 0.3) is 0 Å². The van der Waals surface area contributed by atoms with Crippen LogP contribution in [-0.4, -0.2) is 27.6 Å². The minimum atomic E-state index is -3.39. The van der Waals surface area contributed by atoms with Gasteiger partial charge in [0.05, 0.1) is 11.9 Å². The number of nitrogens with zero attached hydrogens (tertiary/aromatic N) is 1. The molecule has 0 fully saturated rings. The van der Waals surface area contributed by atoms with Crippen LogP contribution >= 0.6 is 0 Å². The second-order valence-corrected chi connectivity index (χ2v) is 8.08. The Morgan fingerprint density at radius 1 is 1.00 bits per heavy atom. The molecule has 0 aliphatic heterocycles. The Kier molecular flexibility index (Phi) is 4.99. The fourth-order valence-electron chi connectivity index (χ4n) is 2.52. The van der Waals surface area contributed by atoms with Gasteiger partial charge in [0, 0.05) is 18.3 Å². The third kappa shape index (κ3) is 4.14. The molecular formula is C18H22N2O3S. The Balaban J connectivity index is 2.33. The number of nitrogens with one attached hydrogen (secondary N) is 1. The molecule has 0 heterocycles. The smallest absolute Gasteiger partial charge is 0.255 e. The van der Waals surface area contributed by atoms with Gasteiger partial charge in [-0.05, 0) is 61.7 Å². The molecule has 1 amide bonds. The zero-order valence-electron chi connectivity index (χ0n) is 14.5. The molecule has 0 aliphatic rings. The molecule has 0 atom stereocenters. The van der Waals surface area contributed by atoms with Gasteiger partial charge in [0.2, 0.25) is 10.0 Å². The molecule has 0 radical (unpaired) electrons. The number of anilines is 2. The summed E-state index contributed by atoms with van der Waals surface area (Å²) >= 11 is 0. The quantitative estimate of drug-likeness (QED) is 0.924. The predicted molar refractivity (Wildman–Crippen MR) is 98.3 cm³/mol.